The van der Waals surface area contributed by atoms with Gasteiger partial charge in [-0.15, -0.1) is 0 Å². The fraction of sp³-hybridized carbons (Fsp3) is 0.176. The third kappa shape index (κ3) is 3.12. The van der Waals surface area contributed by atoms with Crippen LogP contribution in [0.2, 0.25) is 5.02 Å². The Labute approximate surface area is 133 Å². The van der Waals surface area contributed by atoms with Gasteiger partial charge in [0.25, 0.3) is 0 Å². The van der Waals surface area contributed by atoms with Crippen LogP contribution in [0.25, 0.3) is 0 Å². The van der Waals surface area contributed by atoms with Crippen molar-refractivity contribution in [1.29, 1.82) is 0 Å². The van der Waals surface area contributed by atoms with E-state index in [1.807, 2.05) is 30.3 Å². The van der Waals surface area contributed by atoms with Crippen molar-refractivity contribution in [1.82, 2.24) is 0 Å². The summed E-state index contributed by atoms with van der Waals surface area (Å²) in [7, 11) is 0. The van der Waals surface area contributed by atoms with Crippen molar-refractivity contribution in [2.45, 2.75) is 6.42 Å². The van der Waals surface area contributed by atoms with Crippen LogP contribution in [0.15, 0.2) is 54.6 Å². The standard InChI is InChI=1S/C17H15ClN2O2/c18-13-5-4-6-14(10-13)19-17(22)12-9-16(21)20(11-12)15-7-2-1-3-8-15/h1-8,10,12H,9,11H2,(H,19,22)/t12-/m0/s1. The van der Waals surface area contributed by atoms with Gasteiger partial charge in [0.1, 0.15) is 0 Å². The van der Waals surface area contributed by atoms with E-state index in [1.54, 1.807) is 29.2 Å². The molecule has 1 saturated heterocycles. The molecule has 5 heteroatoms. The quantitative estimate of drug-likeness (QED) is 0.944. The van der Waals surface area contributed by atoms with E-state index in [9.17, 15) is 9.59 Å². The third-order valence-corrected chi connectivity index (χ3v) is 3.89. The highest BCUT2D eigenvalue weighted by atomic mass is 35.5. The molecule has 0 aliphatic carbocycles. The zero-order valence-electron chi connectivity index (χ0n) is 11.8. The van der Waals surface area contributed by atoms with Gasteiger partial charge in [0.2, 0.25) is 11.8 Å². The Bertz CT molecular complexity index is 703. The van der Waals surface area contributed by atoms with Crippen molar-refractivity contribution >= 4 is 34.8 Å². The highest BCUT2D eigenvalue weighted by Crippen LogP contribution is 2.26. The molecule has 1 N–H and O–H groups in total. The molecule has 1 atom stereocenters. The van der Waals surface area contributed by atoms with E-state index in [2.05, 4.69) is 5.32 Å². The predicted octanol–water partition coefficient (Wildman–Crippen LogP) is 3.33. The molecule has 0 saturated carbocycles. The molecule has 0 radical (unpaired) electrons. The Morgan fingerprint density at radius 1 is 1.14 bits per heavy atom. The summed E-state index contributed by atoms with van der Waals surface area (Å²) in [6.45, 7) is 0.398. The molecule has 0 unspecified atom stereocenters. The van der Waals surface area contributed by atoms with Crippen LogP contribution in [0.1, 0.15) is 6.42 Å². The zero-order valence-corrected chi connectivity index (χ0v) is 12.6. The van der Waals surface area contributed by atoms with Crippen LogP contribution in [-0.4, -0.2) is 18.4 Å². The number of nitrogens with one attached hydrogen (secondary N) is 1. The summed E-state index contributed by atoms with van der Waals surface area (Å²) in [6.07, 6.45) is 0.224. The molecule has 0 aromatic heterocycles. The largest absolute Gasteiger partial charge is 0.326 e. The predicted molar refractivity (Wildman–Crippen MR) is 87.0 cm³/mol. The van der Waals surface area contributed by atoms with Crippen molar-refractivity contribution in [3.05, 3.63) is 59.6 Å². The number of benzene rings is 2. The second-order valence-electron chi connectivity index (χ2n) is 5.24. The number of para-hydroxylation sites is 1. The van der Waals surface area contributed by atoms with Crippen molar-refractivity contribution < 1.29 is 9.59 Å². The summed E-state index contributed by atoms with van der Waals surface area (Å²) in [5, 5.41) is 3.38. The van der Waals surface area contributed by atoms with Crippen LogP contribution < -0.4 is 10.2 Å². The number of carbonyl (C=O) groups excluding carboxylic acids is 2. The van der Waals surface area contributed by atoms with E-state index in [0.717, 1.165) is 5.69 Å². The molecule has 2 aromatic carbocycles. The number of hydrogen-bond donors (Lipinski definition) is 1. The van der Waals surface area contributed by atoms with Crippen LogP contribution in [0, 0.1) is 5.92 Å². The van der Waals surface area contributed by atoms with Crippen molar-refractivity contribution in [2.75, 3.05) is 16.8 Å². The first-order chi connectivity index (χ1) is 10.6. The van der Waals surface area contributed by atoms with Crippen LogP contribution >= 0.6 is 11.6 Å². The second-order valence-corrected chi connectivity index (χ2v) is 5.68. The van der Waals surface area contributed by atoms with Gasteiger partial charge in [-0.2, -0.15) is 0 Å². The Hall–Kier alpha value is -2.33. The van der Waals surface area contributed by atoms with Gasteiger partial charge in [0, 0.05) is 29.4 Å². The van der Waals surface area contributed by atoms with Gasteiger partial charge in [-0.3, -0.25) is 9.59 Å². The number of nitrogens with zero attached hydrogens (tertiary/aromatic N) is 1. The highest BCUT2D eigenvalue weighted by Gasteiger charge is 2.35. The maximum Gasteiger partial charge on any atom is 0.229 e. The fourth-order valence-corrected chi connectivity index (χ4v) is 2.74. The summed E-state index contributed by atoms with van der Waals surface area (Å²) < 4.78 is 0. The molecule has 1 fully saturated rings. The Balaban J connectivity index is 1.69. The molecular formula is C17H15ClN2O2. The van der Waals surface area contributed by atoms with Gasteiger partial charge in [-0.1, -0.05) is 35.9 Å². The SMILES string of the molecule is O=C(Nc1cccc(Cl)c1)[C@H]1CC(=O)N(c2ccccc2)C1. The number of carbonyl (C=O) groups is 2. The second kappa shape index (κ2) is 6.20. The van der Waals surface area contributed by atoms with E-state index in [1.165, 1.54) is 0 Å². The molecule has 112 valence electrons. The molecule has 3 rings (SSSR count). The molecule has 1 aliphatic rings. The average Bonchev–Trinajstić information content (AvgIpc) is 2.90. The summed E-state index contributed by atoms with van der Waals surface area (Å²) in [6, 6.07) is 16.4. The first-order valence-corrected chi connectivity index (χ1v) is 7.43. The molecule has 1 aliphatic heterocycles. The van der Waals surface area contributed by atoms with Gasteiger partial charge >= 0.3 is 0 Å². The van der Waals surface area contributed by atoms with Gasteiger partial charge in [0.15, 0.2) is 0 Å². The fourth-order valence-electron chi connectivity index (χ4n) is 2.55. The zero-order chi connectivity index (χ0) is 15.5. The summed E-state index contributed by atoms with van der Waals surface area (Å²) >= 11 is 5.90. The van der Waals surface area contributed by atoms with Gasteiger partial charge in [0.05, 0.1) is 5.92 Å². The van der Waals surface area contributed by atoms with Crippen molar-refractivity contribution in [3.63, 3.8) is 0 Å². The van der Waals surface area contributed by atoms with E-state index in [4.69, 9.17) is 11.6 Å². The maximum absolute atomic E-state index is 12.3. The Morgan fingerprint density at radius 2 is 1.91 bits per heavy atom. The molecule has 0 bridgehead atoms. The lowest BCUT2D eigenvalue weighted by Crippen LogP contribution is -2.28. The van der Waals surface area contributed by atoms with E-state index in [0.29, 0.717) is 17.3 Å². The van der Waals surface area contributed by atoms with E-state index >= 15 is 0 Å². The summed E-state index contributed by atoms with van der Waals surface area (Å²) in [5.74, 6) is -0.543. The molecule has 1 heterocycles. The topological polar surface area (TPSA) is 49.4 Å². The minimum atomic E-state index is -0.355. The lowest BCUT2D eigenvalue weighted by Gasteiger charge is -2.16. The van der Waals surface area contributed by atoms with Gasteiger partial charge < -0.3 is 10.2 Å². The summed E-state index contributed by atoms with van der Waals surface area (Å²) in [4.78, 5) is 26.1. The Kier molecular flexibility index (Phi) is 4.11. The van der Waals surface area contributed by atoms with Crippen molar-refractivity contribution in [3.8, 4) is 0 Å². The average molecular weight is 315 g/mol. The molecule has 2 amide bonds. The number of hydrogen-bond acceptors (Lipinski definition) is 2. The first kappa shape index (κ1) is 14.6. The smallest absolute Gasteiger partial charge is 0.229 e. The maximum atomic E-state index is 12.3. The van der Waals surface area contributed by atoms with Gasteiger partial charge in [-0.25, -0.2) is 0 Å². The van der Waals surface area contributed by atoms with Crippen LogP contribution in [0.5, 0.6) is 0 Å². The van der Waals surface area contributed by atoms with Crippen LogP contribution in [0.3, 0.4) is 0 Å². The number of rotatable bonds is 3. The Morgan fingerprint density at radius 3 is 2.64 bits per heavy atom. The minimum Gasteiger partial charge on any atom is -0.326 e. The monoisotopic (exact) mass is 314 g/mol. The first-order valence-electron chi connectivity index (χ1n) is 7.05. The highest BCUT2D eigenvalue weighted by molar-refractivity contribution is 6.30. The summed E-state index contributed by atoms with van der Waals surface area (Å²) in [5.41, 5.74) is 1.47. The van der Waals surface area contributed by atoms with Crippen molar-refractivity contribution in [2.24, 2.45) is 5.92 Å². The lowest BCUT2D eigenvalue weighted by atomic mass is 10.1. The lowest BCUT2D eigenvalue weighted by molar-refractivity contribution is -0.122. The molecule has 22 heavy (non-hydrogen) atoms. The third-order valence-electron chi connectivity index (χ3n) is 3.66. The number of amides is 2. The van der Waals surface area contributed by atoms with E-state index < -0.39 is 0 Å². The normalized spacial score (nSPS) is 17.6. The molecule has 4 nitrogen and oxygen atoms in total. The van der Waals surface area contributed by atoms with E-state index in [-0.39, 0.29) is 24.2 Å². The van der Waals surface area contributed by atoms with Crippen LogP contribution in [-0.2, 0) is 9.59 Å². The molecule has 2 aromatic rings. The number of halogens is 1. The molecular weight excluding hydrogens is 300 g/mol. The molecule has 0 spiro atoms. The van der Waals surface area contributed by atoms with Crippen LogP contribution in [0.4, 0.5) is 11.4 Å². The number of anilines is 2. The minimum absolute atomic E-state index is 0.0301. The van der Waals surface area contributed by atoms with Gasteiger partial charge in [-0.05, 0) is 30.3 Å².